The maximum Gasteiger partial charge on any atom is 0.123 e. The molecule has 0 aliphatic carbocycles. The van der Waals surface area contributed by atoms with Crippen LogP contribution in [0, 0.1) is 26.6 Å². The smallest absolute Gasteiger partial charge is 0.123 e. The van der Waals surface area contributed by atoms with Crippen LogP contribution < -0.4 is 4.74 Å². The van der Waals surface area contributed by atoms with Crippen LogP contribution in [0.3, 0.4) is 0 Å². The van der Waals surface area contributed by atoms with Gasteiger partial charge in [0.25, 0.3) is 0 Å². The third kappa shape index (κ3) is 2.89. The quantitative estimate of drug-likeness (QED) is 0.780. The summed E-state index contributed by atoms with van der Waals surface area (Å²) in [7, 11) is 0. The second-order valence-electron chi connectivity index (χ2n) is 4.62. The molecular formula is C16H17FO. The molecule has 2 rings (SSSR count). The SMILES string of the molecule is Cc1cc(C)c(COc2ccc(F)cc2)c(C)c1. The zero-order valence-electron chi connectivity index (χ0n) is 11.0. The molecule has 0 spiro atoms. The van der Waals surface area contributed by atoms with Crippen LogP contribution in [-0.2, 0) is 6.61 Å². The van der Waals surface area contributed by atoms with Gasteiger partial charge in [0.2, 0.25) is 0 Å². The maximum absolute atomic E-state index is 12.8. The van der Waals surface area contributed by atoms with Gasteiger partial charge in [-0.1, -0.05) is 17.7 Å². The molecule has 2 heteroatoms. The molecule has 94 valence electrons. The largest absolute Gasteiger partial charge is 0.489 e. The van der Waals surface area contributed by atoms with Crippen LogP contribution in [0.25, 0.3) is 0 Å². The lowest BCUT2D eigenvalue weighted by molar-refractivity contribution is 0.304. The van der Waals surface area contributed by atoms with E-state index in [-0.39, 0.29) is 5.82 Å². The summed E-state index contributed by atoms with van der Waals surface area (Å²) < 4.78 is 18.4. The maximum atomic E-state index is 12.8. The van der Waals surface area contributed by atoms with Gasteiger partial charge in [-0.15, -0.1) is 0 Å². The van der Waals surface area contributed by atoms with Gasteiger partial charge < -0.3 is 4.74 Å². The molecule has 0 aliphatic heterocycles. The van der Waals surface area contributed by atoms with Crippen LogP contribution >= 0.6 is 0 Å². The molecule has 0 aromatic heterocycles. The summed E-state index contributed by atoms with van der Waals surface area (Å²) in [4.78, 5) is 0. The lowest BCUT2D eigenvalue weighted by atomic mass is 10.0. The highest BCUT2D eigenvalue weighted by Gasteiger charge is 2.05. The van der Waals surface area contributed by atoms with Crippen LogP contribution in [0.4, 0.5) is 4.39 Å². The zero-order valence-corrected chi connectivity index (χ0v) is 11.0. The molecule has 18 heavy (non-hydrogen) atoms. The Morgan fingerprint density at radius 1 is 0.944 bits per heavy atom. The van der Waals surface area contributed by atoms with Crippen molar-refractivity contribution in [2.24, 2.45) is 0 Å². The van der Waals surface area contributed by atoms with Crippen molar-refractivity contribution in [3.05, 3.63) is 64.5 Å². The fourth-order valence-electron chi connectivity index (χ4n) is 2.12. The topological polar surface area (TPSA) is 9.23 Å². The van der Waals surface area contributed by atoms with E-state index in [1.807, 2.05) is 0 Å². The normalized spacial score (nSPS) is 10.4. The molecule has 0 saturated heterocycles. The molecule has 0 unspecified atom stereocenters. The number of ether oxygens (including phenoxy) is 1. The van der Waals surface area contributed by atoms with Gasteiger partial charge in [0.05, 0.1) is 0 Å². The molecule has 0 radical (unpaired) electrons. The van der Waals surface area contributed by atoms with Crippen LogP contribution in [0.2, 0.25) is 0 Å². The van der Waals surface area contributed by atoms with Crippen molar-refractivity contribution in [3.8, 4) is 5.75 Å². The average Bonchev–Trinajstić information content (AvgIpc) is 2.30. The number of hydrogen-bond donors (Lipinski definition) is 0. The lowest BCUT2D eigenvalue weighted by Crippen LogP contribution is -2.01. The summed E-state index contributed by atoms with van der Waals surface area (Å²) in [5.74, 6) is 0.445. The number of aryl methyl sites for hydroxylation is 3. The monoisotopic (exact) mass is 244 g/mol. The predicted molar refractivity (Wildman–Crippen MR) is 71.4 cm³/mol. The minimum atomic E-state index is -0.245. The fourth-order valence-corrected chi connectivity index (χ4v) is 2.12. The van der Waals surface area contributed by atoms with Crippen LogP contribution in [0.5, 0.6) is 5.75 Å². The molecule has 1 nitrogen and oxygen atoms in total. The minimum Gasteiger partial charge on any atom is -0.489 e. The summed E-state index contributed by atoms with van der Waals surface area (Å²) in [5.41, 5.74) is 4.92. The van der Waals surface area contributed by atoms with Gasteiger partial charge in [0.1, 0.15) is 18.2 Å². The Bertz CT molecular complexity index is 521. The Kier molecular flexibility index (Phi) is 3.66. The Morgan fingerprint density at radius 3 is 2.06 bits per heavy atom. The first kappa shape index (κ1) is 12.6. The third-order valence-corrected chi connectivity index (χ3v) is 3.04. The molecule has 0 saturated carbocycles. The van der Waals surface area contributed by atoms with E-state index < -0.39 is 0 Å². The Labute approximate surface area is 107 Å². The summed E-state index contributed by atoms with van der Waals surface area (Å²) in [6.07, 6.45) is 0. The summed E-state index contributed by atoms with van der Waals surface area (Å²) in [6, 6.07) is 10.4. The van der Waals surface area contributed by atoms with Crippen LogP contribution in [-0.4, -0.2) is 0 Å². The first-order valence-electron chi connectivity index (χ1n) is 6.01. The first-order chi connectivity index (χ1) is 8.56. The number of halogens is 1. The van der Waals surface area contributed by atoms with Crippen molar-refractivity contribution < 1.29 is 9.13 Å². The third-order valence-electron chi connectivity index (χ3n) is 3.04. The minimum absolute atomic E-state index is 0.245. The molecule has 2 aromatic rings. The highest BCUT2D eigenvalue weighted by atomic mass is 19.1. The van der Waals surface area contributed by atoms with Crippen molar-refractivity contribution in [2.45, 2.75) is 27.4 Å². The number of benzene rings is 2. The van der Waals surface area contributed by atoms with E-state index >= 15 is 0 Å². The summed E-state index contributed by atoms with van der Waals surface area (Å²) in [5, 5.41) is 0. The second kappa shape index (κ2) is 5.21. The first-order valence-corrected chi connectivity index (χ1v) is 6.01. The van der Waals surface area contributed by atoms with Gasteiger partial charge in [-0.05, 0) is 61.7 Å². The summed E-state index contributed by atoms with van der Waals surface area (Å²) in [6.45, 7) is 6.78. The fraction of sp³-hybridized carbons (Fsp3) is 0.250. The summed E-state index contributed by atoms with van der Waals surface area (Å²) >= 11 is 0. The molecule has 0 N–H and O–H groups in total. The van der Waals surface area contributed by atoms with E-state index in [2.05, 4.69) is 32.9 Å². The lowest BCUT2D eigenvalue weighted by Gasteiger charge is -2.12. The van der Waals surface area contributed by atoms with Crippen molar-refractivity contribution >= 4 is 0 Å². The molecule has 0 aliphatic rings. The van der Waals surface area contributed by atoms with Gasteiger partial charge in [0, 0.05) is 0 Å². The van der Waals surface area contributed by atoms with E-state index in [4.69, 9.17) is 4.74 Å². The Hall–Kier alpha value is -1.83. The van der Waals surface area contributed by atoms with Gasteiger partial charge in [-0.2, -0.15) is 0 Å². The van der Waals surface area contributed by atoms with E-state index in [0.717, 1.165) is 0 Å². The zero-order chi connectivity index (χ0) is 13.1. The van der Waals surface area contributed by atoms with Gasteiger partial charge >= 0.3 is 0 Å². The molecule has 0 heterocycles. The second-order valence-corrected chi connectivity index (χ2v) is 4.62. The number of hydrogen-bond acceptors (Lipinski definition) is 1. The highest BCUT2D eigenvalue weighted by molar-refractivity contribution is 5.37. The van der Waals surface area contributed by atoms with Crippen LogP contribution in [0.15, 0.2) is 36.4 Å². The highest BCUT2D eigenvalue weighted by Crippen LogP contribution is 2.19. The van der Waals surface area contributed by atoms with Crippen molar-refractivity contribution in [2.75, 3.05) is 0 Å². The standard InChI is InChI=1S/C16H17FO/c1-11-8-12(2)16(13(3)9-11)10-18-15-6-4-14(17)5-7-15/h4-9H,10H2,1-3H3. The molecule has 0 atom stereocenters. The van der Waals surface area contributed by atoms with Gasteiger partial charge in [0.15, 0.2) is 0 Å². The number of rotatable bonds is 3. The Balaban J connectivity index is 2.13. The van der Waals surface area contributed by atoms with E-state index in [1.54, 1.807) is 12.1 Å². The van der Waals surface area contributed by atoms with E-state index in [0.29, 0.717) is 12.4 Å². The van der Waals surface area contributed by atoms with Gasteiger partial charge in [-0.3, -0.25) is 0 Å². The molecule has 0 amide bonds. The van der Waals surface area contributed by atoms with E-state index in [1.165, 1.54) is 34.4 Å². The van der Waals surface area contributed by atoms with Crippen LogP contribution in [0.1, 0.15) is 22.3 Å². The van der Waals surface area contributed by atoms with Crippen molar-refractivity contribution in [1.82, 2.24) is 0 Å². The predicted octanol–water partition coefficient (Wildman–Crippen LogP) is 4.33. The molecule has 0 fully saturated rings. The van der Waals surface area contributed by atoms with E-state index in [9.17, 15) is 4.39 Å². The average molecular weight is 244 g/mol. The van der Waals surface area contributed by atoms with Crippen molar-refractivity contribution in [1.29, 1.82) is 0 Å². The molecular weight excluding hydrogens is 227 g/mol. The van der Waals surface area contributed by atoms with Crippen molar-refractivity contribution in [3.63, 3.8) is 0 Å². The Morgan fingerprint density at radius 2 is 1.50 bits per heavy atom. The van der Waals surface area contributed by atoms with Gasteiger partial charge in [-0.25, -0.2) is 4.39 Å². The molecule has 0 bridgehead atoms. The molecule has 2 aromatic carbocycles.